The Balaban J connectivity index is 2.36. The molecule has 0 saturated carbocycles. The quantitative estimate of drug-likeness (QED) is 0.418. The first kappa shape index (κ1) is 18.5. The molecule has 0 amide bonds. The number of rotatable bonds is 5. The Morgan fingerprint density at radius 1 is 1.21 bits per heavy atom. The van der Waals surface area contributed by atoms with Crippen LogP contribution >= 0.6 is 23.2 Å². The molecule has 7 heteroatoms. The molecule has 0 fully saturated rings. The van der Waals surface area contributed by atoms with Crippen LogP contribution < -0.4 is 4.74 Å². The molecule has 5 nitrogen and oxygen atoms in total. The molecule has 0 N–H and O–H groups in total. The standard InChI is InChI=1S/C17H18Cl2N2O3/c1-9(2)14-15(18)20-17(19)21-16(14)24-13-6-10(3)5-12(7-13)8-23-11(4)22/h5-7,9H,8H2,1-4H3. The molecule has 1 heterocycles. The molecule has 0 unspecified atom stereocenters. The van der Waals surface area contributed by atoms with Gasteiger partial charge in [0.1, 0.15) is 17.5 Å². The van der Waals surface area contributed by atoms with Gasteiger partial charge in [0, 0.05) is 6.92 Å². The van der Waals surface area contributed by atoms with E-state index in [1.807, 2.05) is 32.9 Å². The second-order valence-electron chi connectivity index (χ2n) is 5.69. The minimum atomic E-state index is -0.338. The number of aryl methyl sites for hydroxylation is 1. The summed E-state index contributed by atoms with van der Waals surface area (Å²) in [5.41, 5.74) is 2.47. The Morgan fingerprint density at radius 3 is 2.54 bits per heavy atom. The van der Waals surface area contributed by atoms with Crippen molar-refractivity contribution in [2.45, 2.75) is 40.2 Å². The highest BCUT2D eigenvalue weighted by Crippen LogP contribution is 2.34. The van der Waals surface area contributed by atoms with Crippen LogP contribution in [0.1, 0.15) is 43.4 Å². The number of hydrogen-bond acceptors (Lipinski definition) is 5. The summed E-state index contributed by atoms with van der Waals surface area (Å²) in [4.78, 5) is 19.1. The number of halogens is 2. The molecule has 24 heavy (non-hydrogen) atoms. The van der Waals surface area contributed by atoms with E-state index >= 15 is 0 Å². The van der Waals surface area contributed by atoms with Crippen molar-refractivity contribution in [3.8, 4) is 11.6 Å². The van der Waals surface area contributed by atoms with E-state index in [2.05, 4.69) is 9.97 Å². The van der Waals surface area contributed by atoms with Gasteiger partial charge in [-0.05, 0) is 47.7 Å². The van der Waals surface area contributed by atoms with Crippen molar-refractivity contribution in [2.24, 2.45) is 0 Å². The van der Waals surface area contributed by atoms with Crippen molar-refractivity contribution in [1.82, 2.24) is 9.97 Å². The van der Waals surface area contributed by atoms with Gasteiger partial charge in [-0.15, -0.1) is 0 Å². The largest absolute Gasteiger partial charge is 0.461 e. The van der Waals surface area contributed by atoms with E-state index in [1.54, 1.807) is 6.07 Å². The monoisotopic (exact) mass is 368 g/mol. The molecule has 0 aliphatic heterocycles. The predicted octanol–water partition coefficient (Wildman–Crippen LogP) is 5.07. The Bertz CT molecular complexity index is 764. The zero-order valence-electron chi connectivity index (χ0n) is 13.9. The minimum Gasteiger partial charge on any atom is -0.461 e. The summed E-state index contributed by atoms with van der Waals surface area (Å²) < 4.78 is 10.9. The van der Waals surface area contributed by atoms with Crippen LogP contribution in [-0.2, 0) is 16.1 Å². The van der Waals surface area contributed by atoms with Gasteiger partial charge in [-0.2, -0.15) is 4.98 Å². The van der Waals surface area contributed by atoms with Gasteiger partial charge < -0.3 is 9.47 Å². The maximum absolute atomic E-state index is 11.0. The van der Waals surface area contributed by atoms with Gasteiger partial charge >= 0.3 is 5.97 Å². The summed E-state index contributed by atoms with van der Waals surface area (Å²) >= 11 is 12.1. The van der Waals surface area contributed by atoms with Crippen molar-refractivity contribution in [2.75, 3.05) is 0 Å². The highest BCUT2D eigenvalue weighted by Gasteiger charge is 2.18. The Morgan fingerprint density at radius 2 is 1.92 bits per heavy atom. The molecular weight excluding hydrogens is 351 g/mol. The lowest BCUT2D eigenvalue weighted by Gasteiger charge is -2.15. The second-order valence-corrected chi connectivity index (χ2v) is 6.39. The molecule has 0 saturated heterocycles. The Hall–Kier alpha value is -1.85. The van der Waals surface area contributed by atoms with Gasteiger partial charge in [0.05, 0.1) is 5.56 Å². The maximum atomic E-state index is 11.0. The fourth-order valence-corrected chi connectivity index (χ4v) is 2.81. The second kappa shape index (κ2) is 7.81. The minimum absolute atomic E-state index is 0.0205. The lowest BCUT2D eigenvalue weighted by molar-refractivity contribution is -0.142. The molecule has 1 aromatic heterocycles. The topological polar surface area (TPSA) is 61.3 Å². The fourth-order valence-electron chi connectivity index (χ4n) is 2.22. The summed E-state index contributed by atoms with van der Waals surface area (Å²) in [6.45, 7) is 7.40. The van der Waals surface area contributed by atoms with Gasteiger partial charge in [-0.25, -0.2) is 4.98 Å². The van der Waals surface area contributed by atoms with Gasteiger partial charge in [-0.3, -0.25) is 4.79 Å². The third-order valence-electron chi connectivity index (χ3n) is 3.18. The molecule has 128 valence electrons. The molecule has 0 bridgehead atoms. The summed E-state index contributed by atoms with van der Waals surface area (Å²) in [5.74, 6) is 0.606. The van der Waals surface area contributed by atoms with Crippen molar-refractivity contribution in [3.63, 3.8) is 0 Å². The third kappa shape index (κ3) is 4.82. The van der Waals surface area contributed by atoms with E-state index in [1.165, 1.54) is 6.92 Å². The van der Waals surface area contributed by atoms with Crippen LogP contribution in [0.4, 0.5) is 0 Å². The SMILES string of the molecule is CC(=O)OCc1cc(C)cc(Oc2nc(Cl)nc(Cl)c2C(C)C)c1. The van der Waals surface area contributed by atoms with Gasteiger partial charge in [0.2, 0.25) is 11.2 Å². The number of esters is 1. The van der Waals surface area contributed by atoms with Gasteiger partial charge in [0.25, 0.3) is 0 Å². The van der Waals surface area contributed by atoms with Crippen LogP contribution in [0.15, 0.2) is 18.2 Å². The Kier molecular flexibility index (Phi) is 6.02. The van der Waals surface area contributed by atoms with E-state index in [0.29, 0.717) is 17.2 Å². The predicted molar refractivity (Wildman–Crippen MR) is 92.9 cm³/mol. The summed E-state index contributed by atoms with van der Waals surface area (Å²) in [6, 6.07) is 5.55. The van der Waals surface area contributed by atoms with Crippen LogP contribution in [0.25, 0.3) is 0 Å². The van der Waals surface area contributed by atoms with Crippen molar-refractivity contribution in [3.05, 3.63) is 45.3 Å². The van der Waals surface area contributed by atoms with Crippen LogP contribution in [0.5, 0.6) is 11.6 Å². The zero-order chi connectivity index (χ0) is 17.9. The number of nitrogens with zero attached hydrogens (tertiary/aromatic N) is 2. The average Bonchev–Trinajstić information content (AvgIpc) is 2.43. The van der Waals surface area contributed by atoms with Gasteiger partial charge in [-0.1, -0.05) is 31.5 Å². The van der Waals surface area contributed by atoms with Crippen LogP contribution in [0, 0.1) is 6.92 Å². The van der Waals surface area contributed by atoms with E-state index in [9.17, 15) is 4.79 Å². The first-order valence-electron chi connectivity index (χ1n) is 7.41. The Labute approximate surface area is 150 Å². The highest BCUT2D eigenvalue weighted by atomic mass is 35.5. The van der Waals surface area contributed by atoms with Crippen LogP contribution in [0.3, 0.4) is 0 Å². The molecule has 0 radical (unpaired) electrons. The normalized spacial score (nSPS) is 10.8. The molecule has 0 atom stereocenters. The first-order chi connectivity index (χ1) is 11.3. The molecule has 0 aliphatic carbocycles. The van der Waals surface area contributed by atoms with Crippen molar-refractivity contribution >= 4 is 29.2 Å². The summed E-state index contributed by atoms with van der Waals surface area (Å²) in [7, 11) is 0. The lowest BCUT2D eigenvalue weighted by Crippen LogP contribution is -2.02. The summed E-state index contributed by atoms with van der Waals surface area (Å²) in [5, 5.41) is 0.292. The average molecular weight is 369 g/mol. The van der Waals surface area contributed by atoms with Crippen LogP contribution in [-0.4, -0.2) is 15.9 Å². The number of carbonyl (C=O) groups excluding carboxylic acids is 1. The number of benzene rings is 1. The smallest absolute Gasteiger partial charge is 0.302 e. The number of carbonyl (C=O) groups is 1. The van der Waals surface area contributed by atoms with Crippen LogP contribution in [0.2, 0.25) is 10.4 Å². The maximum Gasteiger partial charge on any atom is 0.302 e. The molecular formula is C17H18Cl2N2O3. The zero-order valence-corrected chi connectivity index (χ0v) is 15.4. The van der Waals surface area contributed by atoms with E-state index in [-0.39, 0.29) is 28.9 Å². The highest BCUT2D eigenvalue weighted by molar-refractivity contribution is 6.32. The van der Waals surface area contributed by atoms with E-state index in [0.717, 1.165) is 11.1 Å². The number of ether oxygens (including phenoxy) is 2. The third-order valence-corrected chi connectivity index (χ3v) is 3.64. The van der Waals surface area contributed by atoms with E-state index in [4.69, 9.17) is 32.7 Å². The fraction of sp³-hybridized carbons (Fsp3) is 0.353. The molecule has 2 aromatic rings. The van der Waals surface area contributed by atoms with Crippen molar-refractivity contribution < 1.29 is 14.3 Å². The van der Waals surface area contributed by atoms with Crippen molar-refractivity contribution in [1.29, 1.82) is 0 Å². The summed E-state index contributed by atoms with van der Waals surface area (Å²) in [6.07, 6.45) is 0. The molecule has 0 spiro atoms. The van der Waals surface area contributed by atoms with E-state index < -0.39 is 0 Å². The molecule has 1 aromatic carbocycles. The molecule has 2 rings (SSSR count). The van der Waals surface area contributed by atoms with Gasteiger partial charge in [0.15, 0.2) is 0 Å². The lowest BCUT2D eigenvalue weighted by atomic mass is 10.1. The number of aromatic nitrogens is 2. The molecule has 0 aliphatic rings. The number of hydrogen-bond donors (Lipinski definition) is 0. The first-order valence-corrected chi connectivity index (χ1v) is 8.16.